The molecule has 0 fully saturated rings. The zero-order chi connectivity index (χ0) is 17.2. The topological polar surface area (TPSA) is 52.9 Å². The Morgan fingerprint density at radius 2 is 1.95 bits per heavy atom. The van der Waals surface area contributed by atoms with Gasteiger partial charge in [-0.2, -0.15) is 5.26 Å². The van der Waals surface area contributed by atoms with Crippen LogP contribution in [0.4, 0.5) is 4.39 Å². The second kappa shape index (κ2) is 7.00. The molecule has 1 rings (SSSR count). The van der Waals surface area contributed by atoms with Gasteiger partial charge < -0.3 is 0 Å². The van der Waals surface area contributed by atoms with Crippen molar-refractivity contribution in [1.82, 2.24) is 4.72 Å². The van der Waals surface area contributed by atoms with E-state index in [1.807, 2.05) is 41.5 Å². The normalized spacial score (nSPS) is 16.8. The first-order valence-electron chi connectivity index (χ1n) is 6.90. The van der Waals surface area contributed by atoms with Crippen molar-refractivity contribution in [2.24, 2.45) is 0 Å². The molecule has 0 aliphatic carbocycles. The Kier molecular flexibility index (Phi) is 6.24. The number of nitrogens with one attached hydrogen (secondary N) is 1. The van der Waals surface area contributed by atoms with Crippen molar-refractivity contribution in [3.05, 3.63) is 22.1 Å². The number of hydrogen-bond acceptors (Lipinski definition) is 4. The number of halogens is 1. The number of nitriles is 1. The largest absolute Gasteiger partial charge is 0.242 e. The van der Waals surface area contributed by atoms with Crippen molar-refractivity contribution in [3.63, 3.8) is 0 Å². The Bertz CT molecular complexity index is 586. The lowest BCUT2D eigenvalue weighted by atomic mass is 10.0. The fourth-order valence-electron chi connectivity index (χ4n) is 1.54. The first-order chi connectivity index (χ1) is 9.91. The number of rotatable bonds is 6. The molecule has 0 aliphatic rings. The summed E-state index contributed by atoms with van der Waals surface area (Å²) in [6.45, 7) is 11.1. The molecule has 0 amide bonds. The molecule has 1 heterocycles. The van der Waals surface area contributed by atoms with Gasteiger partial charge in [-0.3, -0.25) is 0 Å². The van der Waals surface area contributed by atoms with Gasteiger partial charge in [0, 0.05) is 5.75 Å². The number of nitrogens with zero attached hydrogens (tertiary/aromatic N) is 1. The average Bonchev–Trinajstić information content (AvgIpc) is 2.82. The molecule has 0 aliphatic heterocycles. The van der Waals surface area contributed by atoms with Gasteiger partial charge in [0.2, 0.25) is 0 Å². The third-order valence-electron chi connectivity index (χ3n) is 2.98. The fourth-order valence-corrected chi connectivity index (χ4v) is 4.50. The van der Waals surface area contributed by atoms with Crippen LogP contribution in [0.25, 0.3) is 0 Å². The summed E-state index contributed by atoms with van der Waals surface area (Å²) in [6, 6.07) is 3.64. The maximum absolute atomic E-state index is 14.1. The van der Waals surface area contributed by atoms with E-state index < -0.39 is 26.0 Å². The predicted molar refractivity (Wildman–Crippen MR) is 94.8 cm³/mol. The molecule has 124 valence electrons. The molecular formula is C15H23FN2OS3. The Labute approximate surface area is 143 Å². The van der Waals surface area contributed by atoms with Crippen molar-refractivity contribution >= 4 is 34.1 Å². The molecule has 22 heavy (non-hydrogen) atoms. The van der Waals surface area contributed by atoms with Crippen LogP contribution in [0.15, 0.2) is 11.4 Å². The lowest BCUT2D eigenvalue weighted by Gasteiger charge is -2.34. The van der Waals surface area contributed by atoms with E-state index in [4.69, 9.17) is 5.26 Å². The van der Waals surface area contributed by atoms with E-state index >= 15 is 0 Å². The quantitative estimate of drug-likeness (QED) is 0.825. The van der Waals surface area contributed by atoms with E-state index in [0.717, 1.165) is 0 Å². The predicted octanol–water partition coefficient (Wildman–Crippen LogP) is 4.19. The molecule has 0 spiro atoms. The van der Waals surface area contributed by atoms with Crippen LogP contribution in [0.1, 0.15) is 46.4 Å². The van der Waals surface area contributed by atoms with Crippen molar-refractivity contribution in [1.29, 1.82) is 5.26 Å². The summed E-state index contributed by atoms with van der Waals surface area (Å²) in [6.07, 6.45) is 0. The van der Waals surface area contributed by atoms with E-state index in [9.17, 15) is 8.60 Å². The minimum atomic E-state index is -1.34. The summed E-state index contributed by atoms with van der Waals surface area (Å²) in [4.78, 5) is 0.520. The molecule has 0 radical (unpaired) electrons. The third kappa shape index (κ3) is 5.05. The van der Waals surface area contributed by atoms with Crippen molar-refractivity contribution in [2.45, 2.75) is 56.6 Å². The third-order valence-corrected chi connectivity index (χ3v) is 7.42. The molecule has 1 aromatic heterocycles. The molecule has 0 aromatic carbocycles. The first-order valence-corrected chi connectivity index (χ1v) is 9.91. The van der Waals surface area contributed by atoms with Crippen LogP contribution < -0.4 is 4.72 Å². The Hall–Kier alpha value is -0.420. The average molecular weight is 363 g/mol. The van der Waals surface area contributed by atoms with Crippen LogP contribution in [0.2, 0.25) is 0 Å². The second-order valence-corrected chi connectivity index (χ2v) is 11.3. The SMILES string of the molecule is CC(C)(C#N)SCC(C)(NS(=O)C(C)(C)C)c1sccc1F. The highest BCUT2D eigenvalue weighted by molar-refractivity contribution is 8.00. The summed E-state index contributed by atoms with van der Waals surface area (Å²) in [5.41, 5.74) is -0.796. The van der Waals surface area contributed by atoms with E-state index in [1.54, 1.807) is 5.38 Å². The van der Waals surface area contributed by atoms with E-state index in [2.05, 4.69) is 10.8 Å². The standard InChI is InChI=1S/C15H23FN2OS3/c1-13(2,3)22(19)18-15(6,10-21-14(4,5)9-17)12-11(16)7-8-20-12/h7-8,18H,10H2,1-6H3. The zero-order valence-electron chi connectivity index (χ0n) is 13.8. The van der Waals surface area contributed by atoms with Gasteiger partial charge in [0.15, 0.2) is 0 Å². The molecule has 1 aromatic rings. The monoisotopic (exact) mass is 362 g/mol. The van der Waals surface area contributed by atoms with Gasteiger partial charge in [-0.15, -0.1) is 23.1 Å². The van der Waals surface area contributed by atoms with Crippen LogP contribution in [0, 0.1) is 17.1 Å². The first kappa shape index (κ1) is 19.6. The minimum absolute atomic E-state index is 0.304. The highest BCUT2D eigenvalue weighted by atomic mass is 32.2. The van der Waals surface area contributed by atoms with Crippen LogP contribution in [0.3, 0.4) is 0 Å². The molecule has 3 nitrogen and oxygen atoms in total. The molecule has 2 atom stereocenters. The van der Waals surface area contributed by atoms with Gasteiger partial charge in [0.25, 0.3) is 0 Å². The van der Waals surface area contributed by atoms with Crippen LogP contribution >= 0.6 is 23.1 Å². The van der Waals surface area contributed by atoms with Gasteiger partial charge in [-0.25, -0.2) is 13.3 Å². The van der Waals surface area contributed by atoms with E-state index in [0.29, 0.717) is 10.6 Å². The molecule has 2 unspecified atom stereocenters. The van der Waals surface area contributed by atoms with Gasteiger partial charge in [-0.05, 0) is 53.0 Å². The maximum Gasteiger partial charge on any atom is 0.139 e. The van der Waals surface area contributed by atoms with Crippen LogP contribution in [-0.4, -0.2) is 19.5 Å². The lowest BCUT2D eigenvalue weighted by Crippen LogP contribution is -2.48. The molecule has 7 heteroatoms. The van der Waals surface area contributed by atoms with Crippen LogP contribution in [-0.2, 0) is 16.5 Å². The summed E-state index contributed by atoms with van der Waals surface area (Å²) >= 11 is 2.73. The Morgan fingerprint density at radius 3 is 2.36 bits per heavy atom. The van der Waals surface area contributed by atoms with Crippen molar-refractivity contribution < 1.29 is 8.60 Å². The number of hydrogen-bond donors (Lipinski definition) is 1. The van der Waals surface area contributed by atoms with Crippen LogP contribution in [0.5, 0.6) is 0 Å². The number of thiophene rings is 1. The summed E-state index contributed by atoms with van der Waals surface area (Å²) < 4.78 is 28.6. The Balaban J connectivity index is 3.09. The summed E-state index contributed by atoms with van der Waals surface area (Å²) in [7, 11) is -1.34. The zero-order valence-corrected chi connectivity index (χ0v) is 16.3. The lowest BCUT2D eigenvalue weighted by molar-refractivity contribution is 0.475. The molecule has 0 saturated carbocycles. The maximum atomic E-state index is 14.1. The summed E-state index contributed by atoms with van der Waals surface area (Å²) in [5, 5.41) is 10.8. The fraction of sp³-hybridized carbons (Fsp3) is 0.667. The Morgan fingerprint density at radius 1 is 1.36 bits per heavy atom. The second-order valence-electron chi connectivity index (χ2n) is 6.82. The molecular weight excluding hydrogens is 339 g/mol. The minimum Gasteiger partial charge on any atom is -0.242 e. The molecule has 0 bridgehead atoms. The van der Waals surface area contributed by atoms with E-state index in [-0.39, 0.29) is 5.82 Å². The van der Waals surface area contributed by atoms with Crippen molar-refractivity contribution in [2.75, 3.05) is 5.75 Å². The summed E-state index contributed by atoms with van der Waals surface area (Å²) in [5.74, 6) is 0.147. The molecule has 0 saturated heterocycles. The number of thioether (sulfide) groups is 1. The van der Waals surface area contributed by atoms with Gasteiger partial charge >= 0.3 is 0 Å². The van der Waals surface area contributed by atoms with Gasteiger partial charge in [0.05, 0.1) is 37.0 Å². The van der Waals surface area contributed by atoms with Gasteiger partial charge in [0.1, 0.15) is 5.82 Å². The highest BCUT2D eigenvalue weighted by Gasteiger charge is 2.37. The smallest absolute Gasteiger partial charge is 0.139 e. The van der Waals surface area contributed by atoms with Crippen molar-refractivity contribution in [3.8, 4) is 6.07 Å². The molecule has 1 N–H and O–H groups in total. The van der Waals surface area contributed by atoms with E-state index in [1.165, 1.54) is 29.2 Å². The highest BCUT2D eigenvalue weighted by Crippen LogP contribution is 2.36. The van der Waals surface area contributed by atoms with Gasteiger partial charge in [-0.1, -0.05) is 0 Å².